The van der Waals surface area contributed by atoms with E-state index < -0.39 is 73.1 Å². The number of hydrogen-bond acceptors (Lipinski definition) is 13. The molecule has 0 spiro atoms. The molecule has 17 atom stereocenters. The van der Waals surface area contributed by atoms with Gasteiger partial charge in [-0.3, -0.25) is 0 Å². The molecule has 0 aromatic rings. The Kier molecular flexibility index (Phi) is 9.60. The molecular weight excluding hydrogens is 640 g/mol. The lowest BCUT2D eigenvalue weighted by molar-refractivity contribution is -0.347. The van der Waals surface area contributed by atoms with Gasteiger partial charge in [-0.05, 0) is 87.0 Å². The molecule has 0 radical (unpaired) electrons. The van der Waals surface area contributed by atoms with Crippen LogP contribution in [0.1, 0.15) is 85.0 Å². The fourth-order valence-electron chi connectivity index (χ4n) is 11.5. The molecule has 0 bridgehead atoms. The molecule has 6 N–H and O–H groups in total. The highest BCUT2D eigenvalue weighted by atomic mass is 16.7. The highest BCUT2D eigenvalue weighted by molar-refractivity contribution is 5.85. The van der Waals surface area contributed by atoms with Crippen LogP contribution in [0.3, 0.4) is 0 Å². The summed E-state index contributed by atoms with van der Waals surface area (Å²) in [5, 5.41) is 65.4. The minimum Gasteiger partial charge on any atom is -0.458 e. The second-order valence-electron chi connectivity index (χ2n) is 16.6. The Hall–Kier alpha value is -1.23. The van der Waals surface area contributed by atoms with Gasteiger partial charge < -0.3 is 59.1 Å². The van der Waals surface area contributed by atoms with Crippen molar-refractivity contribution in [1.82, 2.24) is 0 Å². The van der Waals surface area contributed by atoms with Crippen molar-refractivity contribution in [3.63, 3.8) is 0 Å². The zero-order chi connectivity index (χ0) is 35.1. The van der Waals surface area contributed by atoms with Crippen molar-refractivity contribution in [3.05, 3.63) is 11.6 Å². The molecule has 13 nitrogen and oxygen atoms in total. The lowest BCUT2D eigenvalue weighted by Gasteiger charge is -2.66. The summed E-state index contributed by atoms with van der Waals surface area (Å²) in [6.07, 6.45) is -1.10. The average Bonchev–Trinajstić information content (AvgIpc) is 3.61. The number of hydrogen-bond donors (Lipinski definition) is 6. The van der Waals surface area contributed by atoms with Crippen LogP contribution in [-0.2, 0) is 33.2 Å². The number of rotatable bonds is 7. The third kappa shape index (κ3) is 5.65. The quantitative estimate of drug-likeness (QED) is 0.164. The molecule has 49 heavy (non-hydrogen) atoms. The van der Waals surface area contributed by atoms with Crippen molar-refractivity contribution in [1.29, 1.82) is 0 Å². The minimum absolute atomic E-state index is 0.0724. The summed E-state index contributed by atoms with van der Waals surface area (Å²) < 4.78 is 35.4. The van der Waals surface area contributed by atoms with Gasteiger partial charge >= 0.3 is 5.97 Å². The number of cyclic esters (lactones) is 1. The van der Waals surface area contributed by atoms with Crippen molar-refractivity contribution in [2.75, 3.05) is 20.3 Å². The van der Waals surface area contributed by atoms with Gasteiger partial charge in [-0.25, -0.2) is 4.79 Å². The van der Waals surface area contributed by atoms with Crippen molar-refractivity contribution >= 4 is 5.97 Å². The van der Waals surface area contributed by atoms with Gasteiger partial charge in [0.2, 0.25) is 0 Å². The summed E-state index contributed by atoms with van der Waals surface area (Å²) >= 11 is 0. The first kappa shape index (κ1) is 36.1. The fourth-order valence-corrected chi connectivity index (χ4v) is 11.5. The van der Waals surface area contributed by atoms with E-state index in [0.29, 0.717) is 32.3 Å². The summed E-state index contributed by atoms with van der Waals surface area (Å²) in [5.74, 6) is 0.0783. The zero-order valence-corrected chi connectivity index (χ0v) is 29.1. The van der Waals surface area contributed by atoms with Gasteiger partial charge in [0.25, 0.3) is 0 Å². The van der Waals surface area contributed by atoms with Crippen molar-refractivity contribution in [2.45, 2.75) is 158 Å². The molecule has 0 aromatic carbocycles. The van der Waals surface area contributed by atoms with Gasteiger partial charge in [-0.15, -0.1) is 0 Å². The van der Waals surface area contributed by atoms with Crippen LogP contribution in [0.25, 0.3) is 0 Å². The Morgan fingerprint density at radius 3 is 2.33 bits per heavy atom. The highest BCUT2D eigenvalue weighted by Gasteiger charge is 2.70. The Balaban J connectivity index is 0.994. The number of ether oxygens (including phenoxy) is 6. The van der Waals surface area contributed by atoms with Crippen LogP contribution in [0.15, 0.2) is 11.6 Å². The molecule has 0 aromatic heterocycles. The van der Waals surface area contributed by atoms with Crippen LogP contribution in [0, 0.1) is 28.6 Å². The van der Waals surface area contributed by atoms with E-state index in [9.17, 15) is 35.4 Å². The molecule has 4 saturated carbocycles. The van der Waals surface area contributed by atoms with E-state index in [0.717, 1.165) is 44.1 Å². The molecule has 3 aliphatic heterocycles. The molecule has 278 valence electrons. The number of fused-ring (bicyclic) bond motifs is 5. The molecule has 2 saturated heterocycles. The Morgan fingerprint density at radius 1 is 0.898 bits per heavy atom. The largest absolute Gasteiger partial charge is 0.458 e. The zero-order valence-electron chi connectivity index (χ0n) is 29.1. The van der Waals surface area contributed by atoms with Crippen LogP contribution in [0.2, 0.25) is 0 Å². The van der Waals surface area contributed by atoms with Gasteiger partial charge in [0.15, 0.2) is 12.6 Å². The SMILES string of the molecule is CO[C@H]1C[C@H](O[C@H]2CC[C@]3(C)[C@H]4CC[C@]5(C)[C@@H](C6=CC(=O)OC6)CC[C@]5(O)[C@@H]4CC[C@]3(O)C2)O[C@H](C)[C@H]1O[C@@H]1O[C@H](CO)[C@@H](O)[C@H](O)[C@H]1O. The predicted octanol–water partition coefficient (Wildman–Crippen LogP) is 1.08. The molecule has 7 rings (SSSR count). The first-order chi connectivity index (χ1) is 23.2. The third-order valence-electron chi connectivity index (χ3n) is 14.5. The smallest absolute Gasteiger partial charge is 0.331 e. The number of carbonyl (C=O) groups is 1. The van der Waals surface area contributed by atoms with Crippen molar-refractivity contribution < 1.29 is 63.9 Å². The molecule has 7 aliphatic rings. The molecule has 13 heteroatoms. The number of esters is 1. The van der Waals surface area contributed by atoms with E-state index in [2.05, 4.69) is 13.8 Å². The van der Waals surface area contributed by atoms with Gasteiger partial charge in [0, 0.05) is 31.4 Å². The van der Waals surface area contributed by atoms with Crippen molar-refractivity contribution in [3.8, 4) is 0 Å². The maximum absolute atomic E-state index is 12.5. The van der Waals surface area contributed by atoms with E-state index >= 15 is 0 Å². The average molecular weight is 697 g/mol. The van der Waals surface area contributed by atoms with E-state index in [1.165, 1.54) is 0 Å². The molecule has 0 unspecified atom stereocenters. The van der Waals surface area contributed by atoms with Crippen LogP contribution in [0.5, 0.6) is 0 Å². The summed E-state index contributed by atoms with van der Waals surface area (Å²) in [4.78, 5) is 11.9. The first-order valence-corrected chi connectivity index (χ1v) is 18.3. The second-order valence-corrected chi connectivity index (χ2v) is 16.6. The Bertz CT molecular complexity index is 1280. The Labute approximate surface area is 287 Å². The topological polar surface area (TPSA) is 194 Å². The van der Waals surface area contributed by atoms with Gasteiger partial charge in [0.05, 0.1) is 36.1 Å². The summed E-state index contributed by atoms with van der Waals surface area (Å²) in [5.41, 5.74) is -1.52. The van der Waals surface area contributed by atoms with Crippen LogP contribution >= 0.6 is 0 Å². The van der Waals surface area contributed by atoms with Crippen molar-refractivity contribution in [2.24, 2.45) is 28.6 Å². The summed E-state index contributed by atoms with van der Waals surface area (Å²) in [7, 11) is 1.55. The second kappa shape index (κ2) is 13.0. The summed E-state index contributed by atoms with van der Waals surface area (Å²) in [6.45, 7) is 5.98. The van der Waals surface area contributed by atoms with Crippen LogP contribution in [0.4, 0.5) is 0 Å². The maximum Gasteiger partial charge on any atom is 0.331 e. The number of methoxy groups -OCH3 is 1. The van der Waals surface area contributed by atoms with E-state index in [1.54, 1.807) is 20.1 Å². The fraction of sp³-hybridized carbons (Fsp3) is 0.917. The predicted molar refractivity (Wildman–Crippen MR) is 170 cm³/mol. The van der Waals surface area contributed by atoms with Gasteiger partial charge in [-0.1, -0.05) is 13.8 Å². The van der Waals surface area contributed by atoms with Crippen LogP contribution in [-0.4, -0.2) is 130 Å². The molecular formula is C36H56O13. The monoisotopic (exact) mass is 696 g/mol. The van der Waals surface area contributed by atoms with Gasteiger partial charge in [-0.2, -0.15) is 0 Å². The first-order valence-electron chi connectivity index (χ1n) is 18.3. The standard InChI is InChI=1S/C36H56O13/c1-18-31(49-32-30(41)29(40)28(39)25(16-37)48-32)24(44-4)14-27(46-18)47-20-5-9-33(2)22-6-10-34(3)21(19-13-26(38)45-17-19)8-12-36(34,43)23(22)7-11-35(33,42)15-20/h13,18,20-25,27-32,37,39-43H,5-12,14-17H2,1-4H3/t18-,20+,21-,22+,23-,24+,25-,27+,28-,29+,30-,31-,32+,33-,34-,35+,36+/m1/s1. The van der Waals surface area contributed by atoms with E-state index in [1.807, 2.05) is 0 Å². The molecule has 3 heterocycles. The maximum atomic E-state index is 12.5. The summed E-state index contributed by atoms with van der Waals surface area (Å²) in [6, 6.07) is 0. The normalized spacial score (nSPS) is 54.4. The molecule has 0 amide bonds. The van der Waals surface area contributed by atoms with Gasteiger partial charge in [0.1, 0.15) is 37.1 Å². The molecule has 4 aliphatic carbocycles. The molecule has 6 fully saturated rings. The minimum atomic E-state index is -1.56. The van der Waals surface area contributed by atoms with E-state index in [4.69, 9.17) is 28.4 Å². The Morgan fingerprint density at radius 2 is 1.63 bits per heavy atom. The lowest BCUT2D eigenvalue weighted by atomic mass is 9.42. The van der Waals surface area contributed by atoms with Crippen LogP contribution < -0.4 is 0 Å². The lowest BCUT2D eigenvalue weighted by Crippen LogP contribution is -2.67. The van der Waals surface area contributed by atoms with E-state index in [-0.39, 0.29) is 40.7 Å². The number of aliphatic hydroxyl groups excluding tert-OH is 4. The highest BCUT2D eigenvalue weighted by Crippen LogP contribution is 2.70. The number of aliphatic hydroxyl groups is 6. The third-order valence-corrected chi connectivity index (χ3v) is 14.5. The number of carbonyl (C=O) groups excluding carboxylic acids is 1.